The van der Waals surface area contributed by atoms with E-state index in [1.54, 1.807) is 0 Å². The van der Waals surface area contributed by atoms with Crippen molar-refractivity contribution in [3.63, 3.8) is 0 Å². The van der Waals surface area contributed by atoms with Crippen molar-refractivity contribution in [3.05, 3.63) is 35.5 Å². The Balaban J connectivity index is 0.000000902. The molecule has 0 aliphatic carbocycles. The van der Waals surface area contributed by atoms with Gasteiger partial charge in [-0.2, -0.15) is 0 Å². The van der Waals surface area contributed by atoms with Gasteiger partial charge in [0.2, 0.25) is 0 Å². The molecule has 1 aliphatic heterocycles. The van der Waals surface area contributed by atoms with Crippen LogP contribution in [0.2, 0.25) is 5.15 Å². The summed E-state index contributed by atoms with van der Waals surface area (Å²) in [6.45, 7) is 3.97. The third-order valence-electron chi connectivity index (χ3n) is 3.11. The summed E-state index contributed by atoms with van der Waals surface area (Å²) >= 11 is 6.09. The van der Waals surface area contributed by atoms with E-state index in [4.69, 9.17) is 11.6 Å². The molecule has 0 radical (unpaired) electrons. The summed E-state index contributed by atoms with van der Waals surface area (Å²) in [5.41, 5.74) is 0. The standard InChI is InChI=1S/C13H14ClN3.2ClH/c14-12-9-10-3-1-2-4-11(10)13(16-12)17-7-5-15-6-8-17;;/h1-4,9,15H,5-8H2;2*1H. The Bertz CT molecular complexity index is 542. The fourth-order valence-electron chi connectivity index (χ4n) is 2.27. The van der Waals surface area contributed by atoms with Crippen LogP contribution in [0.3, 0.4) is 0 Å². The lowest BCUT2D eigenvalue weighted by Crippen LogP contribution is -2.44. The molecule has 1 saturated heterocycles. The lowest BCUT2D eigenvalue weighted by atomic mass is 10.1. The number of nitrogens with one attached hydrogen (secondary N) is 1. The molecule has 3 rings (SSSR count). The smallest absolute Gasteiger partial charge is 0.138 e. The van der Waals surface area contributed by atoms with Crippen LogP contribution in [0.4, 0.5) is 5.82 Å². The van der Waals surface area contributed by atoms with Crippen molar-refractivity contribution in [1.82, 2.24) is 10.3 Å². The van der Waals surface area contributed by atoms with Crippen molar-refractivity contribution < 1.29 is 0 Å². The number of piperazine rings is 1. The molecule has 1 aromatic carbocycles. The zero-order valence-electron chi connectivity index (χ0n) is 10.3. The van der Waals surface area contributed by atoms with Gasteiger partial charge in [0.15, 0.2) is 0 Å². The van der Waals surface area contributed by atoms with Crippen LogP contribution in [-0.2, 0) is 0 Å². The minimum Gasteiger partial charge on any atom is -0.354 e. The minimum atomic E-state index is 0. The maximum absolute atomic E-state index is 6.09. The second-order valence-electron chi connectivity index (χ2n) is 4.23. The van der Waals surface area contributed by atoms with Gasteiger partial charge in [0.1, 0.15) is 11.0 Å². The van der Waals surface area contributed by atoms with E-state index in [9.17, 15) is 0 Å². The van der Waals surface area contributed by atoms with Crippen molar-refractivity contribution in [1.29, 1.82) is 0 Å². The Hall–Kier alpha value is -0.740. The largest absolute Gasteiger partial charge is 0.354 e. The Labute approximate surface area is 130 Å². The SMILES string of the molecule is Cl.Cl.Clc1cc2ccccc2c(N2CCNCC2)n1. The van der Waals surface area contributed by atoms with Gasteiger partial charge in [-0.3, -0.25) is 0 Å². The van der Waals surface area contributed by atoms with E-state index in [-0.39, 0.29) is 24.8 Å². The third kappa shape index (κ3) is 3.42. The monoisotopic (exact) mass is 319 g/mol. The van der Waals surface area contributed by atoms with Gasteiger partial charge in [-0.1, -0.05) is 35.9 Å². The quantitative estimate of drug-likeness (QED) is 0.818. The molecule has 1 aromatic heterocycles. The molecule has 2 aromatic rings. The van der Waals surface area contributed by atoms with Gasteiger partial charge in [0, 0.05) is 31.6 Å². The highest BCUT2D eigenvalue weighted by Crippen LogP contribution is 2.27. The van der Waals surface area contributed by atoms with Crippen LogP contribution >= 0.6 is 36.4 Å². The fraction of sp³-hybridized carbons (Fsp3) is 0.308. The molecule has 0 bridgehead atoms. The summed E-state index contributed by atoms with van der Waals surface area (Å²) in [6.07, 6.45) is 0. The molecule has 0 saturated carbocycles. The number of hydrogen-bond donors (Lipinski definition) is 1. The van der Waals surface area contributed by atoms with Crippen LogP contribution < -0.4 is 10.2 Å². The molecule has 0 spiro atoms. The molecule has 0 atom stereocenters. The number of benzene rings is 1. The van der Waals surface area contributed by atoms with Crippen LogP contribution in [0.25, 0.3) is 10.8 Å². The van der Waals surface area contributed by atoms with Crippen molar-refractivity contribution >= 4 is 53.0 Å². The van der Waals surface area contributed by atoms with Crippen LogP contribution in [0.1, 0.15) is 0 Å². The van der Waals surface area contributed by atoms with E-state index in [2.05, 4.69) is 27.3 Å². The first-order chi connectivity index (χ1) is 8.34. The summed E-state index contributed by atoms with van der Waals surface area (Å²) in [7, 11) is 0. The predicted molar refractivity (Wildman–Crippen MR) is 86.3 cm³/mol. The molecule has 1 aliphatic rings. The molecular weight excluding hydrogens is 305 g/mol. The number of hydrogen-bond acceptors (Lipinski definition) is 3. The zero-order chi connectivity index (χ0) is 11.7. The van der Waals surface area contributed by atoms with Gasteiger partial charge in [-0.05, 0) is 11.5 Å². The second-order valence-corrected chi connectivity index (χ2v) is 4.61. The highest BCUT2D eigenvalue weighted by molar-refractivity contribution is 6.30. The second kappa shape index (κ2) is 7.15. The minimum absolute atomic E-state index is 0. The van der Waals surface area contributed by atoms with E-state index >= 15 is 0 Å². The number of anilines is 1. The van der Waals surface area contributed by atoms with E-state index in [1.807, 2.05) is 18.2 Å². The number of nitrogens with zero attached hydrogens (tertiary/aromatic N) is 2. The number of aromatic nitrogens is 1. The molecule has 1 fully saturated rings. The maximum Gasteiger partial charge on any atom is 0.138 e. The summed E-state index contributed by atoms with van der Waals surface area (Å²) in [5.74, 6) is 1.01. The molecule has 3 nitrogen and oxygen atoms in total. The average Bonchev–Trinajstić information content (AvgIpc) is 2.39. The number of halogens is 3. The van der Waals surface area contributed by atoms with Crippen LogP contribution in [0.5, 0.6) is 0 Å². The van der Waals surface area contributed by atoms with Crippen LogP contribution in [0, 0.1) is 0 Å². The highest BCUT2D eigenvalue weighted by atomic mass is 35.5. The van der Waals surface area contributed by atoms with E-state index in [0.717, 1.165) is 37.4 Å². The predicted octanol–water partition coefficient (Wildman–Crippen LogP) is 3.14. The number of pyridine rings is 1. The topological polar surface area (TPSA) is 28.2 Å². The van der Waals surface area contributed by atoms with Gasteiger partial charge in [-0.25, -0.2) is 4.98 Å². The van der Waals surface area contributed by atoms with Gasteiger partial charge in [-0.15, -0.1) is 24.8 Å². The fourth-order valence-corrected chi connectivity index (χ4v) is 2.46. The normalized spacial score (nSPS) is 14.7. The Morgan fingerprint density at radius 2 is 1.79 bits per heavy atom. The van der Waals surface area contributed by atoms with Crippen molar-refractivity contribution in [3.8, 4) is 0 Å². The lowest BCUT2D eigenvalue weighted by Gasteiger charge is -2.29. The Morgan fingerprint density at radius 3 is 2.53 bits per heavy atom. The molecule has 1 N–H and O–H groups in total. The van der Waals surface area contributed by atoms with Gasteiger partial charge >= 0.3 is 0 Å². The van der Waals surface area contributed by atoms with E-state index in [0.29, 0.717) is 5.15 Å². The molecule has 19 heavy (non-hydrogen) atoms. The summed E-state index contributed by atoms with van der Waals surface area (Å²) in [5, 5.41) is 6.24. The van der Waals surface area contributed by atoms with Gasteiger partial charge in [0.25, 0.3) is 0 Å². The molecular formula is C13H16Cl3N3. The Morgan fingerprint density at radius 1 is 1.11 bits per heavy atom. The first-order valence-electron chi connectivity index (χ1n) is 5.85. The van der Waals surface area contributed by atoms with Crippen molar-refractivity contribution in [2.24, 2.45) is 0 Å². The van der Waals surface area contributed by atoms with Crippen LogP contribution in [0.15, 0.2) is 30.3 Å². The average molecular weight is 321 g/mol. The Kier molecular flexibility index (Phi) is 6.14. The summed E-state index contributed by atoms with van der Waals surface area (Å²) in [4.78, 5) is 6.78. The number of rotatable bonds is 1. The summed E-state index contributed by atoms with van der Waals surface area (Å²) < 4.78 is 0. The molecule has 104 valence electrons. The first kappa shape index (κ1) is 16.3. The van der Waals surface area contributed by atoms with E-state index < -0.39 is 0 Å². The van der Waals surface area contributed by atoms with Crippen LogP contribution in [-0.4, -0.2) is 31.2 Å². The van der Waals surface area contributed by atoms with Gasteiger partial charge in [0.05, 0.1) is 0 Å². The summed E-state index contributed by atoms with van der Waals surface area (Å²) in [6, 6.07) is 10.2. The van der Waals surface area contributed by atoms with Crippen molar-refractivity contribution in [2.45, 2.75) is 0 Å². The zero-order valence-corrected chi connectivity index (χ0v) is 12.7. The molecule has 0 unspecified atom stereocenters. The molecule has 0 amide bonds. The highest BCUT2D eigenvalue weighted by Gasteiger charge is 2.15. The molecule has 2 heterocycles. The first-order valence-corrected chi connectivity index (χ1v) is 6.23. The maximum atomic E-state index is 6.09. The number of fused-ring (bicyclic) bond motifs is 1. The third-order valence-corrected chi connectivity index (χ3v) is 3.30. The van der Waals surface area contributed by atoms with Crippen molar-refractivity contribution in [2.75, 3.05) is 31.1 Å². The molecule has 6 heteroatoms. The van der Waals surface area contributed by atoms with E-state index in [1.165, 1.54) is 5.39 Å². The van der Waals surface area contributed by atoms with Gasteiger partial charge < -0.3 is 10.2 Å². The lowest BCUT2D eigenvalue weighted by molar-refractivity contribution is 0.586.